The van der Waals surface area contributed by atoms with E-state index < -0.39 is 0 Å². The summed E-state index contributed by atoms with van der Waals surface area (Å²) < 4.78 is 9.09. The van der Waals surface area contributed by atoms with Crippen LogP contribution in [-0.4, -0.2) is 4.57 Å². The van der Waals surface area contributed by atoms with Gasteiger partial charge in [0.1, 0.15) is 5.58 Å². The smallest absolute Gasteiger partial charge is 0.159 e. The molecule has 0 amide bonds. The molecule has 266 valence electrons. The number of furan rings is 1. The Hall–Kier alpha value is -6.84. The molecule has 12 rings (SSSR count). The summed E-state index contributed by atoms with van der Waals surface area (Å²) in [6.07, 6.45) is 5.04. The molecule has 0 bridgehead atoms. The van der Waals surface area contributed by atoms with Crippen LogP contribution in [0, 0.1) is 0 Å². The monoisotopic (exact) mass is 718 g/mol. The van der Waals surface area contributed by atoms with Crippen molar-refractivity contribution in [2.45, 2.75) is 31.1 Å². The van der Waals surface area contributed by atoms with E-state index in [-0.39, 0.29) is 5.41 Å². The minimum absolute atomic E-state index is 0.144. The Morgan fingerprint density at radius 2 is 1.14 bits per heavy atom. The van der Waals surface area contributed by atoms with E-state index in [0.29, 0.717) is 0 Å². The van der Waals surface area contributed by atoms with E-state index in [1.54, 1.807) is 0 Å². The van der Waals surface area contributed by atoms with E-state index in [1.165, 1.54) is 75.4 Å². The number of fused-ring (bicyclic) bond motifs is 11. The fraction of sp³-hybridized carbons (Fsp3) is 0.0943. The van der Waals surface area contributed by atoms with E-state index in [9.17, 15) is 0 Å². The molecule has 3 nitrogen and oxygen atoms in total. The van der Waals surface area contributed by atoms with Gasteiger partial charge < -0.3 is 13.9 Å². The summed E-state index contributed by atoms with van der Waals surface area (Å²) in [4.78, 5) is 2.37. The van der Waals surface area contributed by atoms with Gasteiger partial charge in [0.05, 0.1) is 16.7 Å². The predicted octanol–water partition coefficient (Wildman–Crippen LogP) is 14.7. The number of nitrogens with zero attached hydrogens (tertiary/aromatic N) is 2. The van der Waals surface area contributed by atoms with Gasteiger partial charge in [-0.2, -0.15) is 0 Å². The molecule has 0 unspecified atom stereocenters. The molecule has 1 fully saturated rings. The molecule has 10 aromatic rings. The Kier molecular flexibility index (Phi) is 6.80. The SMILES string of the molecule is c1ccc(-n2c3ccccc3c3ccc(N(c4ccc(-c5ccc6c(c5)C5(CCCC5)c5ccccc5-6)cc4)c4cccc5c4oc4ccccc45)cc32)cc1. The van der Waals surface area contributed by atoms with Crippen molar-refractivity contribution in [3.05, 3.63) is 193 Å². The maximum absolute atomic E-state index is 6.70. The van der Waals surface area contributed by atoms with Crippen molar-refractivity contribution in [1.29, 1.82) is 0 Å². The molecule has 0 atom stereocenters. The number of rotatable bonds is 5. The van der Waals surface area contributed by atoms with Crippen LogP contribution in [0.3, 0.4) is 0 Å². The van der Waals surface area contributed by atoms with Gasteiger partial charge in [-0.25, -0.2) is 0 Å². The molecule has 1 saturated carbocycles. The molecule has 0 radical (unpaired) electrons. The largest absolute Gasteiger partial charge is 0.454 e. The summed E-state index contributed by atoms with van der Waals surface area (Å²) in [6, 6.07) is 66.6. The van der Waals surface area contributed by atoms with Crippen molar-refractivity contribution in [3.63, 3.8) is 0 Å². The van der Waals surface area contributed by atoms with E-state index in [1.807, 2.05) is 6.07 Å². The van der Waals surface area contributed by atoms with Crippen LogP contribution in [0.25, 0.3) is 71.7 Å². The third kappa shape index (κ3) is 4.52. The van der Waals surface area contributed by atoms with Crippen LogP contribution in [0.4, 0.5) is 17.1 Å². The summed E-state index contributed by atoms with van der Waals surface area (Å²) in [5.74, 6) is 0. The lowest BCUT2D eigenvalue weighted by atomic mass is 9.76. The first kappa shape index (κ1) is 31.5. The molecular formula is C53H38N2O. The molecule has 2 heterocycles. The van der Waals surface area contributed by atoms with Gasteiger partial charge in [0.15, 0.2) is 5.58 Å². The molecule has 0 aliphatic heterocycles. The highest BCUT2D eigenvalue weighted by Gasteiger charge is 2.44. The lowest BCUT2D eigenvalue weighted by Gasteiger charge is -2.27. The summed E-state index contributed by atoms with van der Waals surface area (Å²) >= 11 is 0. The number of anilines is 3. The van der Waals surface area contributed by atoms with Gasteiger partial charge in [0.2, 0.25) is 0 Å². The Morgan fingerprint density at radius 3 is 2.02 bits per heavy atom. The first-order valence-corrected chi connectivity index (χ1v) is 19.9. The van der Waals surface area contributed by atoms with E-state index in [4.69, 9.17) is 4.42 Å². The third-order valence-corrected chi connectivity index (χ3v) is 12.7. The Labute approximate surface area is 325 Å². The van der Waals surface area contributed by atoms with Crippen LogP contribution in [0.1, 0.15) is 36.8 Å². The van der Waals surface area contributed by atoms with Crippen molar-refractivity contribution in [2.75, 3.05) is 4.90 Å². The zero-order valence-electron chi connectivity index (χ0n) is 31.0. The second kappa shape index (κ2) is 12.1. The Balaban J connectivity index is 1.04. The van der Waals surface area contributed by atoms with Gasteiger partial charge in [-0.05, 0) is 107 Å². The Bertz CT molecular complexity index is 3140. The number of hydrogen-bond donors (Lipinski definition) is 0. The van der Waals surface area contributed by atoms with Gasteiger partial charge >= 0.3 is 0 Å². The summed E-state index contributed by atoms with van der Waals surface area (Å²) in [5.41, 5.74) is 16.9. The normalized spacial score (nSPS) is 14.3. The number of hydrogen-bond acceptors (Lipinski definition) is 2. The van der Waals surface area contributed by atoms with Gasteiger partial charge in [0, 0.05) is 44.0 Å². The van der Waals surface area contributed by atoms with Gasteiger partial charge in [-0.1, -0.05) is 134 Å². The highest BCUT2D eigenvalue weighted by atomic mass is 16.3. The quantitative estimate of drug-likeness (QED) is 0.177. The Morgan fingerprint density at radius 1 is 0.464 bits per heavy atom. The van der Waals surface area contributed by atoms with Gasteiger partial charge in [-0.15, -0.1) is 0 Å². The van der Waals surface area contributed by atoms with E-state index in [2.05, 4.69) is 185 Å². The number of aromatic nitrogens is 1. The fourth-order valence-electron chi connectivity index (χ4n) is 10.2. The molecule has 56 heavy (non-hydrogen) atoms. The van der Waals surface area contributed by atoms with Crippen LogP contribution in [0.2, 0.25) is 0 Å². The standard InChI is InChI=1S/C53H38N2O/c1-2-13-37(14-3-1)55-48-20-8-5-16-42(48)43-30-28-39(34-50(43)55)54(49-21-12-18-45-44-17-6-9-22-51(44)56-52(45)49)38-26-23-35(24-27-38)36-25-29-41-40-15-4-7-19-46(40)53(47(41)33-36)31-10-11-32-53/h1-9,12-30,33-34H,10-11,31-32H2. The van der Waals surface area contributed by atoms with Crippen LogP contribution >= 0.6 is 0 Å². The molecule has 2 aliphatic rings. The van der Waals surface area contributed by atoms with E-state index in [0.717, 1.165) is 50.2 Å². The zero-order chi connectivity index (χ0) is 36.8. The second-order valence-corrected chi connectivity index (χ2v) is 15.6. The van der Waals surface area contributed by atoms with Gasteiger partial charge in [0.25, 0.3) is 0 Å². The third-order valence-electron chi connectivity index (χ3n) is 12.7. The minimum atomic E-state index is 0.144. The zero-order valence-corrected chi connectivity index (χ0v) is 31.0. The van der Waals surface area contributed by atoms with Crippen LogP contribution < -0.4 is 4.90 Å². The minimum Gasteiger partial charge on any atom is -0.454 e. The van der Waals surface area contributed by atoms with Crippen molar-refractivity contribution in [3.8, 4) is 27.9 Å². The molecular weight excluding hydrogens is 681 g/mol. The first-order valence-electron chi connectivity index (χ1n) is 19.9. The van der Waals surface area contributed by atoms with Crippen molar-refractivity contribution in [1.82, 2.24) is 4.57 Å². The molecule has 3 heteroatoms. The van der Waals surface area contributed by atoms with Crippen LogP contribution in [0.5, 0.6) is 0 Å². The molecule has 2 aromatic heterocycles. The maximum atomic E-state index is 6.70. The van der Waals surface area contributed by atoms with Crippen molar-refractivity contribution in [2.24, 2.45) is 0 Å². The maximum Gasteiger partial charge on any atom is 0.159 e. The summed E-state index contributed by atoms with van der Waals surface area (Å²) in [6.45, 7) is 0. The molecule has 1 spiro atoms. The van der Waals surface area contributed by atoms with Crippen LogP contribution in [-0.2, 0) is 5.41 Å². The molecule has 0 N–H and O–H groups in total. The van der Waals surface area contributed by atoms with E-state index >= 15 is 0 Å². The number of benzene rings is 8. The molecule has 0 saturated heterocycles. The average molecular weight is 719 g/mol. The number of para-hydroxylation sites is 4. The average Bonchev–Trinajstić information content (AvgIpc) is 4.04. The lowest BCUT2D eigenvalue weighted by molar-refractivity contribution is 0.550. The molecule has 2 aliphatic carbocycles. The highest BCUT2D eigenvalue weighted by Crippen LogP contribution is 2.57. The second-order valence-electron chi connectivity index (χ2n) is 15.6. The highest BCUT2D eigenvalue weighted by molar-refractivity contribution is 6.12. The summed E-state index contributed by atoms with van der Waals surface area (Å²) in [7, 11) is 0. The lowest BCUT2D eigenvalue weighted by Crippen LogP contribution is -2.20. The topological polar surface area (TPSA) is 21.3 Å². The molecule has 8 aromatic carbocycles. The predicted molar refractivity (Wildman–Crippen MR) is 233 cm³/mol. The van der Waals surface area contributed by atoms with Crippen LogP contribution in [0.15, 0.2) is 186 Å². The summed E-state index contributed by atoms with van der Waals surface area (Å²) in [5, 5.41) is 4.70. The van der Waals surface area contributed by atoms with Crippen molar-refractivity contribution >= 4 is 60.8 Å². The fourth-order valence-corrected chi connectivity index (χ4v) is 10.2. The first-order chi connectivity index (χ1) is 27.7. The van der Waals surface area contributed by atoms with Gasteiger partial charge in [-0.3, -0.25) is 0 Å². The van der Waals surface area contributed by atoms with Crippen molar-refractivity contribution < 1.29 is 4.42 Å².